The molecule has 0 saturated carbocycles. The van der Waals surface area contributed by atoms with Gasteiger partial charge in [-0.25, -0.2) is 4.98 Å². The minimum atomic E-state index is -0.214. The van der Waals surface area contributed by atoms with Gasteiger partial charge in [-0.2, -0.15) is 0 Å². The summed E-state index contributed by atoms with van der Waals surface area (Å²) >= 11 is 0. The Labute approximate surface area is 103 Å². The van der Waals surface area contributed by atoms with E-state index in [1.54, 1.807) is 19.5 Å². The van der Waals surface area contributed by atoms with Gasteiger partial charge in [-0.05, 0) is 20.3 Å². The molecule has 0 aromatic carbocycles. The van der Waals surface area contributed by atoms with Crippen LogP contribution in [0.1, 0.15) is 27.2 Å². The van der Waals surface area contributed by atoms with Gasteiger partial charge in [0.1, 0.15) is 11.6 Å². The van der Waals surface area contributed by atoms with Gasteiger partial charge in [0, 0.05) is 20.2 Å². The number of nitrogens with zero attached hydrogens (tertiary/aromatic N) is 2. The third-order valence-corrected chi connectivity index (χ3v) is 2.44. The van der Waals surface area contributed by atoms with E-state index in [0.29, 0.717) is 6.54 Å². The van der Waals surface area contributed by atoms with Gasteiger partial charge >= 0.3 is 0 Å². The summed E-state index contributed by atoms with van der Waals surface area (Å²) in [5.41, 5.74) is -0.214. The fourth-order valence-corrected chi connectivity index (χ4v) is 1.16. The highest BCUT2D eigenvalue weighted by Gasteiger charge is 2.15. The van der Waals surface area contributed by atoms with Crippen LogP contribution < -0.4 is 10.6 Å². The molecule has 0 aliphatic rings. The summed E-state index contributed by atoms with van der Waals surface area (Å²) in [6.45, 7) is 7.75. The van der Waals surface area contributed by atoms with Crippen LogP contribution in [0.3, 0.4) is 0 Å². The summed E-state index contributed by atoms with van der Waals surface area (Å²) < 4.78 is 5.33. The monoisotopic (exact) mass is 238 g/mol. The van der Waals surface area contributed by atoms with Gasteiger partial charge in [0.15, 0.2) is 0 Å². The van der Waals surface area contributed by atoms with Crippen LogP contribution in [0.15, 0.2) is 12.4 Å². The first-order chi connectivity index (χ1) is 8.07. The van der Waals surface area contributed by atoms with Gasteiger partial charge in [-0.1, -0.05) is 6.92 Å². The Kier molecular flexibility index (Phi) is 5.15. The summed E-state index contributed by atoms with van der Waals surface area (Å²) in [7, 11) is 1.70. The fourth-order valence-electron chi connectivity index (χ4n) is 1.16. The largest absolute Gasteiger partial charge is 0.377 e. The lowest BCUT2D eigenvalue weighted by Crippen LogP contribution is -2.32. The molecule has 0 spiro atoms. The van der Waals surface area contributed by atoms with Crippen LogP contribution in [0, 0.1) is 0 Å². The second-order valence-electron chi connectivity index (χ2n) is 4.53. The fraction of sp³-hybridized carbons (Fsp3) is 0.667. The Morgan fingerprint density at radius 3 is 2.47 bits per heavy atom. The van der Waals surface area contributed by atoms with Crippen LogP contribution in [0.4, 0.5) is 11.6 Å². The summed E-state index contributed by atoms with van der Waals surface area (Å²) in [5.74, 6) is 1.56. The van der Waals surface area contributed by atoms with Crippen LogP contribution in [0.5, 0.6) is 0 Å². The molecule has 5 heteroatoms. The molecule has 0 aliphatic carbocycles. The number of anilines is 2. The summed E-state index contributed by atoms with van der Waals surface area (Å²) in [6, 6.07) is 0. The Balaban J connectivity index is 2.53. The zero-order valence-corrected chi connectivity index (χ0v) is 11.1. The van der Waals surface area contributed by atoms with Crippen LogP contribution in [-0.4, -0.2) is 35.8 Å². The number of methoxy groups -OCH3 is 1. The van der Waals surface area contributed by atoms with Crippen LogP contribution >= 0.6 is 0 Å². The first-order valence-corrected chi connectivity index (χ1v) is 5.92. The average molecular weight is 238 g/mol. The molecule has 0 bridgehead atoms. The van der Waals surface area contributed by atoms with E-state index < -0.39 is 0 Å². The van der Waals surface area contributed by atoms with Crippen molar-refractivity contribution in [1.29, 1.82) is 0 Å². The minimum Gasteiger partial charge on any atom is -0.377 e. The zero-order chi connectivity index (χ0) is 12.7. The number of hydrogen-bond donors (Lipinski definition) is 2. The second kappa shape index (κ2) is 6.39. The highest BCUT2D eigenvalue weighted by molar-refractivity contribution is 5.41. The lowest BCUT2D eigenvalue weighted by atomic mass is 10.1. The Morgan fingerprint density at radius 2 is 1.88 bits per heavy atom. The molecule has 96 valence electrons. The van der Waals surface area contributed by atoms with Crippen molar-refractivity contribution in [2.75, 3.05) is 30.8 Å². The maximum atomic E-state index is 5.33. The smallest absolute Gasteiger partial charge is 0.147 e. The lowest BCUT2D eigenvalue weighted by molar-refractivity contribution is 0.0343. The van der Waals surface area contributed by atoms with Gasteiger partial charge in [-0.3, -0.25) is 4.98 Å². The molecule has 0 unspecified atom stereocenters. The first-order valence-electron chi connectivity index (χ1n) is 5.92. The molecule has 1 aromatic heterocycles. The van der Waals surface area contributed by atoms with Gasteiger partial charge in [0.25, 0.3) is 0 Å². The number of nitrogens with one attached hydrogen (secondary N) is 2. The molecule has 5 nitrogen and oxygen atoms in total. The highest BCUT2D eigenvalue weighted by atomic mass is 16.5. The average Bonchev–Trinajstić information content (AvgIpc) is 2.35. The molecule has 1 aromatic rings. The van der Waals surface area contributed by atoms with Crippen molar-refractivity contribution in [2.45, 2.75) is 32.8 Å². The van der Waals surface area contributed by atoms with E-state index in [1.165, 1.54) is 0 Å². The number of ether oxygens (including phenoxy) is 1. The molecule has 0 saturated heterocycles. The second-order valence-corrected chi connectivity index (χ2v) is 4.53. The third kappa shape index (κ3) is 4.99. The maximum Gasteiger partial charge on any atom is 0.147 e. The lowest BCUT2D eigenvalue weighted by Gasteiger charge is -2.23. The first kappa shape index (κ1) is 13.7. The van der Waals surface area contributed by atoms with Gasteiger partial charge in [0.2, 0.25) is 0 Å². The molecule has 0 radical (unpaired) electrons. The van der Waals surface area contributed by atoms with Crippen molar-refractivity contribution in [3.63, 3.8) is 0 Å². The number of aromatic nitrogens is 2. The predicted molar refractivity (Wildman–Crippen MR) is 70.4 cm³/mol. The van der Waals surface area contributed by atoms with E-state index >= 15 is 0 Å². The SMILES string of the molecule is CCCNc1cncc(NCC(C)(C)OC)n1. The Hall–Kier alpha value is -1.36. The van der Waals surface area contributed by atoms with Crippen molar-refractivity contribution in [1.82, 2.24) is 9.97 Å². The van der Waals surface area contributed by atoms with E-state index in [0.717, 1.165) is 24.6 Å². The minimum absolute atomic E-state index is 0.214. The zero-order valence-electron chi connectivity index (χ0n) is 11.1. The molecule has 0 aliphatic heterocycles. The maximum absolute atomic E-state index is 5.33. The van der Waals surface area contributed by atoms with Crippen LogP contribution in [-0.2, 0) is 4.74 Å². The van der Waals surface area contributed by atoms with Crippen molar-refractivity contribution in [3.05, 3.63) is 12.4 Å². The standard InChI is InChI=1S/C12H22N4O/c1-5-6-14-10-7-13-8-11(16-10)15-9-12(2,3)17-4/h7-8H,5-6,9H2,1-4H3,(H2,14,15,16). The van der Waals surface area contributed by atoms with Crippen molar-refractivity contribution in [3.8, 4) is 0 Å². The Bertz CT molecular complexity index is 341. The molecule has 0 atom stereocenters. The molecule has 1 heterocycles. The molecule has 1 rings (SSSR count). The van der Waals surface area contributed by atoms with E-state index in [9.17, 15) is 0 Å². The molecular weight excluding hydrogens is 216 g/mol. The summed E-state index contributed by atoms with van der Waals surface area (Å²) in [4.78, 5) is 8.54. The quantitative estimate of drug-likeness (QED) is 0.762. The third-order valence-electron chi connectivity index (χ3n) is 2.44. The van der Waals surface area contributed by atoms with E-state index in [-0.39, 0.29) is 5.60 Å². The van der Waals surface area contributed by atoms with Gasteiger partial charge in [0.05, 0.1) is 18.0 Å². The van der Waals surface area contributed by atoms with Crippen molar-refractivity contribution < 1.29 is 4.74 Å². The summed E-state index contributed by atoms with van der Waals surface area (Å²) in [6.07, 6.45) is 4.50. The van der Waals surface area contributed by atoms with Crippen LogP contribution in [0.25, 0.3) is 0 Å². The van der Waals surface area contributed by atoms with Gasteiger partial charge < -0.3 is 15.4 Å². The molecule has 2 N–H and O–H groups in total. The van der Waals surface area contributed by atoms with Crippen molar-refractivity contribution >= 4 is 11.6 Å². The molecule has 0 fully saturated rings. The normalized spacial score (nSPS) is 11.3. The topological polar surface area (TPSA) is 59.1 Å². The number of hydrogen-bond acceptors (Lipinski definition) is 5. The van der Waals surface area contributed by atoms with Crippen molar-refractivity contribution in [2.24, 2.45) is 0 Å². The van der Waals surface area contributed by atoms with Crippen LogP contribution in [0.2, 0.25) is 0 Å². The highest BCUT2D eigenvalue weighted by Crippen LogP contribution is 2.11. The van der Waals surface area contributed by atoms with E-state index in [4.69, 9.17) is 4.74 Å². The Morgan fingerprint density at radius 1 is 1.24 bits per heavy atom. The summed E-state index contributed by atoms with van der Waals surface area (Å²) in [5, 5.41) is 6.42. The molecule has 17 heavy (non-hydrogen) atoms. The van der Waals surface area contributed by atoms with Gasteiger partial charge in [-0.15, -0.1) is 0 Å². The molecular formula is C12H22N4O. The predicted octanol–water partition coefficient (Wildman–Crippen LogP) is 2.14. The number of rotatable bonds is 7. The van der Waals surface area contributed by atoms with E-state index in [2.05, 4.69) is 27.5 Å². The van der Waals surface area contributed by atoms with E-state index in [1.807, 2.05) is 13.8 Å². The molecule has 0 amide bonds.